The highest BCUT2D eigenvalue weighted by atomic mass is 19.1. The summed E-state index contributed by atoms with van der Waals surface area (Å²) in [6, 6.07) is 12.8. The van der Waals surface area contributed by atoms with E-state index in [4.69, 9.17) is 0 Å². The number of hydrogen-bond acceptors (Lipinski definition) is 4. The van der Waals surface area contributed by atoms with E-state index in [1.54, 1.807) is 24.5 Å². The molecule has 0 N–H and O–H groups in total. The van der Waals surface area contributed by atoms with Gasteiger partial charge in [0.25, 0.3) is 0 Å². The largest absolute Gasteiger partial charge is 0.297 e. The fourth-order valence-electron chi connectivity index (χ4n) is 3.65. The number of halogens is 1. The first-order valence-corrected chi connectivity index (χ1v) is 8.99. The van der Waals surface area contributed by atoms with Crippen molar-refractivity contribution in [2.75, 3.05) is 13.1 Å². The highest BCUT2D eigenvalue weighted by molar-refractivity contribution is 5.62. The lowest BCUT2D eigenvalue weighted by Crippen LogP contribution is -2.34. The molecule has 1 aliphatic rings. The van der Waals surface area contributed by atoms with Crippen molar-refractivity contribution >= 4 is 0 Å². The van der Waals surface area contributed by atoms with Crippen molar-refractivity contribution in [3.63, 3.8) is 0 Å². The lowest BCUT2D eigenvalue weighted by atomic mass is 9.91. The normalized spacial score (nSPS) is 18.0. The first-order chi connectivity index (χ1) is 12.8. The predicted octanol–water partition coefficient (Wildman–Crippen LogP) is 4.06. The molecule has 3 heterocycles. The topological polar surface area (TPSA) is 41.9 Å². The van der Waals surface area contributed by atoms with Crippen LogP contribution in [0, 0.1) is 5.82 Å². The number of nitrogens with zero attached hydrogens (tertiary/aromatic N) is 4. The zero-order chi connectivity index (χ0) is 17.8. The van der Waals surface area contributed by atoms with Gasteiger partial charge >= 0.3 is 0 Å². The lowest BCUT2D eigenvalue weighted by molar-refractivity contribution is 0.196. The Labute approximate surface area is 152 Å². The lowest BCUT2D eigenvalue weighted by Gasteiger charge is -2.32. The Morgan fingerprint density at radius 3 is 2.65 bits per heavy atom. The van der Waals surface area contributed by atoms with Gasteiger partial charge in [-0.15, -0.1) is 0 Å². The van der Waals surface area contributed by atoms with E-state index >= 15 is 0 Å². The van der Waals surface area contributed by atoms with E-state index in [-0.39, 0.29) is 11.7 Å². The summed E-state index contributed by atoms with van der Waals surface area (Å²) in [7, 11) is 0. The van der Waals surface area contributed by atoms with Gasteiger partial charge in [0.15, 0.2) is 0 Å². The van der Waals surface area contributed by atoms with Crippen molar-refractivity contribution < 1.29 is 4.39 Å². The third-order valence-corrected chi connectivity index (χ3v) is 4.86. The average molecular weight is 348 g/mol. The Hall–Kier alpha value is -2.66. The van der Waals surface area contributed by atoms with E-state index in [0.29, 0.717) is 11.3 Å². The van der Waals surface area contributed by atoms with Gasteiger partial charge in [-0.25, -0.2) is 4.39 Å². The summed E-state index contributed by atoms with van der Waals surface area (Å²) >= 11 is 0. The van der Waals surface area contributed by atoms with Crippen LogP contribution in [0.4, 0.5) is 4.39 Å². The predicted molar refractivity (Wildman–Crippen MR) is 98.9 cm³/mol. The van der Waals surface area contributed by atoms with E-state index in [0.717, 1.165) is 43.9 Å². The molecule has 26 heavy (non-hydrogen) atoms. The Bertz CT molecular complexity index is 869. The summed E-state index contributed by atoms with van der Waals surface area (Å²) in [6.45, 7) is 2.76. The number of rotatable bonds is 4. The molecule has 4 nitrogen and oxygen atoms in total. The highest BCUT2D eigenvalue weighted by Gasteiger charge is 2.26. The van der Waals surface area contributed by atoms with Crippen LogP contribution in [0.3, 0.4) is 0 Å². The molecule has 2 aromatic heterocycles. The first-order valence-electron chi connectivity index (χ1n) is 8.99. The van der Waals surface area contributed by atoms with Gasteiger partial charge in [-0.2, -0.15) is 0 Å². The Morgan fingerprint density at radius 1 is 0.962 bits per heavy atom. The minimum Gasteiger partial charge on any atom is -0.297 e. The molecular weight excluding hydrogens is 327 g/mol. The van der Waals surface area contributed by atoms with E-state index < -0.39 is 0 Å². The molecule has 132 valence electrons. The number of likely N-dealkylation sites (tertiary alicyclic amines) is 1. The van der Waals surface area contributed by atoms with E-state index in [1.165, 1.54) is 6.07 Å². The minimum absolute atomic E-state index is 0.246. The van der Waals surface area contributed by atoms with Crippen LogP contribution in [0.25, 0.3) is 11.3 Å². The maximum atomic E-state index is 14.3. The summed E-state index contributed by atoms with van der Waals surface area (Å²) in [5.41, 5.74) is 3.15. The number of benzene rings is 1. The monoisotopic (exact) mass is 348 g/mol. The van der Waals surface area contributed by atoms with Crippen LogP contribution in [-0.2, 0) is 6.54 Å². The molecule has 1 saturated heterocycles. The van der Waals surface area contributed by atoms with Gasteiger partial charge in [0.1, 0.15) is 5.82 Å². The van der Waals surface area contributed by atoms with Crippen molar-refractivity contribution in [1.82, 2.24) is 19.9 Å². The number of hydrogen-bond donors (Lipinski definition) is 0. The smallest absolute Gasteiger partial charge is 0.132 e. The molecule has 1 atom stereocenters. The summed E-state index contributed by atoms with van der Waals surface area (Å²) < 4.78 is 14.3. The molecule has 3 aromatic rings. The maximum Gasteiger partial charge on any atom is 0.132 e. The second kappa shape index (κ2) is 7.70. The maximum absolute atomic E-state index is 14.3. The Kier molecular flexibility index (Phi) is 4.97. The second-order valence-electron chi connectivity index (χ2n) is 6.67. The minimum atomic E-state index is -0.254. The molecule has 0 amide bonds. The van der Waals surface area contributed by atoms with Crippen LogP contribution in [-0.4, -0.2) is 32.9 Å². The van der Waals surface area contributed by atoms with Gasteiger partial charge in [0, 0.05) is 43.2 Å². The SMILES string of the molecule is Fc1ccccc1-c1nccnc1[C@H]1CCCN(Cc2ccccn2)C1. The van der Waals surface area contributed by atoms with Gasteiger partial charge in [0.05, 0.1) is 17.1 Å². The Morgan fingerprint density at radius 2 is 1.81 bits per heavy atom. The van der Waals surface area contributed by atoms with Gasteiger partial charge in [0.2, 0.25) is 0 Å². The van der Waals surface area contributed by atoms with Crippen molar-refractivity contribution in [2.45, 2.75) is 25.3 Å². The van der Waals surface area contributed by atoms with Crippen LogP contribution in [0.15, 0.2) is 61.1 Å². The first kappa shape index (κ1) is 16.8. The number of piperidine rings is 1. The van der Waals surface area contributed by atoms with Crippen LogP contribution in [0.1, 0.15) is 30.1 Å². The number of pyridine rings is 1. The molecule has 5 heteroatoms. The van der Waals surface area contributed by atoms with Crippen LogP contribution >= 0.6 is 0 Å². The average Bonchev–Trinajstić information content (AvgIpc) is 2.69. The summed E-state index contributed by atoms with van der Waals surface area (Å²) in [4.78, 5) is 15.9. The molecule has 0 spiro atoms. The quantitative estimate of drug-likeness (QED) is 0.713. The van der Waals surface area contributed by atoms with Gasteiger partial charge in [-0.1, -0.05) is 18.2 Å². The van der Waals surface area contributed by atoms with Crippen molar-refractivity contribution in [3.05, 3.63) is 78.3 Å². The molecule has 0 unspecified atom stereocenters. The van der Waals surface area contributed by atoms with Crippen molar-refractivity contribution in [3.8, 4) is 11.3 Å². The zero-order valence-corrected chi connectivity index (χ0v) is 14.6. The molecule has 0 radical (unpaired) electrons. The molecule has 0 saturated carbocycles. The molecule has 1 fully saturated rings. The van der Waals surface area contributed by atoms with E-state index in [2.05, 4.69) is 25.9 Å². The molecular formula is C21H21FN4. The summed E-state index contributed by atoms with van der Waals surface area (Å²) in [6.07, 6.45) is 7.30. The standard InChI is InChI=1S/C21H21FN4/c22-19-9-2-1-8-18(19)21-20(24-11-12-25-21)16-6-5-13-26(14-16)15-17-7-3-4-10-23-17/h1-4,7-12,16H,5-6,13-15H2/t16-/m0/s1. The van der Waals surface area contributed by atoms with E-state index in [9.17, 15) is 4.39 Å². The molecule has 1 aromatic carbocycles. The molecule has 0 bridgehead atoms. The van der Waals surface area contributed by atoms with Gasteiger partial charge in [-0.05, 0) is 43.7 Å². The molecule has 4 rings (SSSR count). The van der Waals surface area contributed by atoms with Crippen molar-refractivity contribution in [1.29, 1.82) is 0 Å². The fraction of sp³-hybridized carbons (Fsp3) is 0.286. The highest BCUT2D eigenvalue weighted by Crippen LogP contribution is 2.33. The summed E-state index contributed by atoms with van der Waals surface area (Å²) in [5, 5.41) is 0. The second-order valence-corrected chi connectivity index (χ2v) is 6.67. The summed E-state index contributed by atoms with van der Waals surface area (Å²) in [5.74, 6) is -0.00818. The zero-order valence-electron chi connectivity index (χ0n) is 14.6. The third-order valence-electron chi connectivity index (χ3n) is 4.86. The Balaban J connectivity index is 1.59. The van der Waals surface area contributed by atoms with Crippen LogP contribution < -0.4 is 0 Å². The van der Waals surface area contributed by atoms with E-state index in [1.807, 2.05) is 24.4 Å². The molecule has 0 aliphatic carbocycles. The molecule has 1 aliphatic heterocycles. The van der Waals surface area contributed by atoms with Crippen molar-refractivity contribution in [2.24, 2.45) is 0 Å². The van der Waals surface area contributed by atoms with Crippen LogP contribution in [0.2, 0.25) is 0 Å². The fourth-order valence-corrected chi connectivity index (χ4v) is 3.65. The van der Waals surface area contributed by atoms with Crippen LogP contribution in [0.5, 0.6) is 0 Å². The van der Waals surface area contributed by atoms with Gasteiger partial charge in [-0.3, -0.25) is 19.9 Å². The van der Waals surface area contributed by atoms with Gasteiger partial charge < -0.3 is 0 Å². The number of aromatic nitrogens is 3. The third kappa shape index (κ3) is 3.63.